The maximum absolute atomic E-state index is 8.25. The quantitative estimate of drug-likeness (QED) is 0.427. The van der Waals surface area contributed by atoms with Crippen LogP contribution in [-0.4, -0.2) is 55.1 Å². The average molecular weight is 191 g/mol. The van der Waals surface area contributed by atoms with Gasteiger partial charge in [0.25, 0.3) is 0 Å². The minimum absolute atomic E-state index is 0. The first-order valence-electron chi connectivity index (χ1n) is 0.204. The fourth-order valence-corrected chi connectivity index (χ4v) is 0. The fourth-order valence-electron chi connectivity index (χ4n) is 0. The van der Waals surface area contributed by atoms with Crippen molar-refractivity contribution in [2.24, 2.45) is 0 Å². The molecule has 1 radical (unpaired) electrons. The Morgan fingerprint density at radius 2 is 1.40 bits per heavy atom. The van der Waals surface area contributed by atoms with Gasteiger partial charge >= 0.3 is 61.5 Å². The molecule has 0 unspecified atom stereocenters. The van der Waals surface area contributed by atoms with Crippen molar-refractivity contribution in [3.05, 3.63) is 0 Å². The molecule has 0 aliphatic carbocycles. The summed E-state index contributed by atoms with van der Waals surface area (Å²) in [6, 6.07) is 0. The van der Waals surface area contributed by atoms with E-state index in [1.807, 2.05) is 0 Å². The molecule has 0 aromatic heterocycles. The minimum atomic E-state index is 0. The van der Waals surface area contributed by atoms with Crippen molar-refractivity contribution < 1.29 is 43.7 Å². The van der Waals surface area contributed by atoms with Crippen molar-refractivity contribution in [2.75, 3.05) is 0 Å². The molecule has 0 aromatic carbocycles. The molecule has 0 saturated heterocycles. The molecule has 1 nitrogen and oxygen atoms in total. The van der Waals surface area contributed by atoms with Gasteiger partial charge in [-0.3, -0.25) is 0 Å². The van der Waals surface area contributed by atoms with Crippen LogP contribution in [0.3, 0.4) is 0 Å². The molecule has 0 N–H and O–H groups in total. The van der Waals surface area contributed by atoms with E-state index >= 15 is 0 Å². The van der Waals surface area contributed by atoms with Crippen LogP contribution in [0.4, 0.5) is 0 Å². The Morgan fingerprint density at radius 1 is 1.40 bits per heavy atom. The summed E-state index contributed by atoms with van der Waals surface area (Å²) in [5.74, 6) is 0. The summed E-state index contributed by atoms with van der Waals surface area (Å²) >= 11 is 0.750. The third-order valence-corrected chi connectivity index (χ3v) is 0. The first-order chi connectivity index (χ1) is 1.00. The third-order valence-electron chi connectivity index (χ3n) is 0. The summed E-state index contributed by atoms with van der Waals surface area (Å²) in [6.45, 7) is 0. The predicted molar refractivity (Wildman–Crippen MR) is 18.6 cm³/mol. The molecule has 0 spiro atoms. The molecule has 5 heteroatoms. The standard InChI is InChI=1S/Al.Ca.Mn.O.Ti.5H/q;+2;;;;;;;2*-1. The summed E-state index contributed by atoms with van der Waals surface area (Å²) in [7, 11) is 0. The zero-order valence-corrected chi connectivity index (χ0v) is 6.94. The summed E-state index contributed by atoms with van der Waals surface area (Å²) in [5.41, 5.74) is 0. The van der Waals surface area contributed by atoms with E-state index in [1.165, 1.54) is 0 Å². The Bertz CT molecular complexity index is 17.7. The van der Waals surface area contributed by atoms with E-state index in [4.69, 9.17) is 3.32 Å². The van der Waals surface area contributed by atoms with Gasteiger partial charge in [-0.1, -0.05) is 0 Å². The van der Waals surface area contributed by atoms with Crippen molar-refractivity contribution in [3.63, 3.8) is 0 Å². The molecule has 0 atom stereocenters. The average Bonchev–Trinajstić information content (AvgIpc) is 1.00. The molecule has 27 valence electrons. The van der Waals surface area contributed by atoms with Crippen LogP contribution in [0.15, 0.2) is 0 Å². The van der Waals surface area contributed by atoms with Gasteiger partial charge in [-0.2, -0.15) is 0 Å². The van der Waals surface area contributed by atoms with E-state index in [1.54, 1.807) is 0 Å². The summed E-state index contributed by atoms with van der Waals surface area (Å²) in [4.78, 5) is 0. The first kappa shape index (κ1) is 24.9. The van der Waals surface area contributed by atoms with Gasteiger partial charge in [0.2, 0.25) is 0 Å². The Morgan fingerprint density at radius 3 is 1.40 bits per heavy atom. The molecule has 0 bridgehead atoms. The van der Waals surface area contributed by atoms with E-state index in [0.29, 0.717) is 0 Å². The second-order valence-electron chi connectivity index (χ2n) is 0. The molecular weight excluding hydrogens is 186 g/mol. The molecule has 0 heterocycles. The number of hydrogen-bond acceptors (Lipinski definition) is 1. The second-order valence-corrected chi connectivity index (χ2v) is 0. The topological polar surface area (TPSA) is 17.1 Å². The molecule has 0 saturated carbocycles. The molecule has 5 heavy (non-hydrogen) atoms. The number of hydrogen-bond donors (Lipinski definition) is 0. The monoisotopic (exact) mass is 191 g/mol. The molecule has 0 rings (SSSR count). The summed E-state index contributed by atoms with van der Waals surface area (Å²) in [5, 5.41) is 0. The third kappa shape index (κ3) is 19.9. The Hall–Kier alpha value is 2.83. The molecule has 0 amide bonds. The van der Waals surface area contributed by atoms with Crippen LogP contribution in [0, 0.1) is 0 Å². The van der Waals surface area contributed by atoms with E-state index in [9.17, 15) is 0 Å². The van der Waals surface area contributed by atoms with Crippen LogP contribution < -0.4 is 0 Å². The van der Waals surface area contributed by atoms with Crippen LogP contribution in [-0.2, 0) is 40.8 Å². The molecule has 0 aliphatic rings. The van der Waals surface area contributed by atoms with Crippen molar-refractivity contribution in [3.8, 4) is 0 Å². The second kappa shape index (κ2) is 29.0. The van der Waals surface area contributed by atoms with Crippen LogP contribution in [0.25, 0.3) is 0 Å². The maximum atomic E-state index is 8.25. The van der Waals surface area contributed by atoms with Gasteiger partial charge in [0, 0.05) is 17.1 Å². The van der Waals surface area contributed by atoms with E-state index in [-0.39, 0.29) is 75.0 Å². The van der Waals surface area contributed by atoms with Gasteiger partial charge in [-0.25, -0.2) is 0 Å². The molecule has 0 fully saturated rings. The van der Waals surface area contributed by atoms with Gasteiger partial charge < -0.3 is 2.85 Å². The summed E-state index contributed by atoms with van der Waals surface area (Å²) < 4.78 is 8.25. The van der Waals surface area contributed by atoms with Crippen molar-refractivity contribution >= 4 is 55.1 Å². The Labute approximate surface area is 96.9 Å². The summed E-state index contributed by atoms with van der Waals surface area (Å²) in [6.07, 6.45) is 0. The van der Waals surface area contributed by atoms with Crippen LogP contribution in [0.5, 0.6) is 0 Å². The van der Waals surface area contributed by atoms with E-state index < -0.39 is 0 Å². The zero-order valence-electron chi connectivity index (χ0n) is 3.99. The normalized spacial score (nSPS) is 0.600. The van der Waals surface area contributed by atoms with Gasteiger partial charge in [0.1, 0.15) is 0 Å². The fraction of sp³-hybridized carbons (Fsp3) is 0. The molecule has 0 aromatic rings. The van der Waals surface area contributed by atoms with Crippen molar-refractivity contribution in [1.29, 1.82) is 0 Å². The van der Waals surface area contributed by atoms with E-state index in [0.717, 1.165) is 20.4 Å². The molecule has 0 aliphatic heterocycles. The van der Waals surface area contributed by atoms with Crippen LogP contribution >= 0.6 is 0 Å². The van der Waals surface area contributed by atoms with Gasteiger partial charge in [0.05, 0.1) is 0 Å². The predicted octanol–water partition coefficient (Wildman–Crippen LogP) is -1.46. The molecular formula is H5AlCaMnOTi. The van der Waals surface area contributed by atoms with Crippen LogP contribution in [0.1, 0.15) is 2.85 Å². The van der Waals surface area contributed by atoms with Crippen molar-refractivity contribution in [1.82, 2.24) is 0 Å². The Kier molecular flexibility index (Phi) is 145. The van der Waals surface area contributed by atoms with E-state index in [2.05, 4.69) is 0 Å². The van der Waals surface area contributed by atoms with Gasteiger partial charge in [-0.05, 0) is 0 Å². The van der Waals surface area contributed by atoms with Gasteiger partial charge in [0.15, 0.2) is 17.4 Å². The van der Waals surface area contributed by atoms with Crippen molar-refractivity contribution in [2.45, 2.75) is 0 Å². The zero-order chi connectivity index (χ0) is 2.00. The Balaban J connectivity index is -0.000000000500. The number of rotatable bonds is 0. The first-order valence-corrected chi connectivity index (χ1v) is 0.842. The van der Waals surface area contributed by atoms with Gasteiger partial charge in [-0.15, -0.1) is 0 Å². The SMILES string of the molecule is [AlH3].[Ca+2].[H-].[H-].[Mn].[O]=[Ti]. The van der Waals surface area contributed by atoms with Crippen LogP contribution in [0.2, 0.25) is 0 Å².